The van der Waals surface area contributed by atoms with Gasteiger partial charge < -0.3 is 14.2 Å². The van der Waals surface area contributed by atoms with Crippen molar-refractivity contribution in [2.75, 3.05) is 25.5 Å². The van der Waals surface area contributed by atoms with E-state index >= 15 is 0 Å². The lowest BCUT2D eigenvalue weighted by atomic mass is 10.1. The Morgan fingerprint density at radius 2 is 1.73 bits per heavy atom. The SMILES string of the molecule is CCOC(=O)c1scc(-c2ccccc2)c1S(=O)(=O)Nc1ccc(OC)c(OC)c1. The van der Waals surface area contributed by atoms with Gasteiger partial charge in [0, 0.05) is 17.0 Å². The van der Waals surface area contributed by atoms with Crippen molar-refractivity contribution in [1.82, 2.24) is 0 Å². The molecule has 30 heavy (non-hydrogen) atoms. The molecule has 1 N–H and O–H groups in total. The molecule has 0 amide bonds. The monoisotopic (exact) mass is 447 g/mol. The van der Waals surface area contributed by atoms with E-state index in [0.29, 0.717) is 22.6 Å². The second-order valence-corrected chi connectivity index (χ2v) is 8.57. The van der Waals surface area contributed by atoms with Crippen molar-refractivity contribution in [3.63, 3.8) is 0 Å². The van der Waals surface area contributed by atoms with Crippen LogP contribution in [0.15, 0.2) is 58.8 Å². The summed E-state index contributed by atoms with van der Waals surface area (Å²) >= 11 is 1.03. The molecule has 0 saturated heterocycles. The van der Waals surface area contributed by atoms with Crippen molar-refractivity contribution in [2.45, 2.75) is 11.8 Å². The molecule has 158 valence electrons. The third-order valence-electron chi connectivity index (χ3n) is 4.20. The van der Waals surface area contributed by atoms with E-state index in [9.17, 15) is 13.2 Å². The van der Waals surface area contributed by atoms with Gasteiger partial charge in [0.15, 0.2) is 11.5 Å². The van der Waals surface area contributed by atoms with Crippen LogP contribution in [0, 0.1) is 0 Å². The van der Waals surface area contributed by atoms with Gasteiger partial charge in [0.25, 0.3) is 10.0 Å². The maximum absolute atomic E-state index is 13.4. The first kappa shape index (κ1) is 21.7. The molecule has 0 fully saturated rings. The third kappa shape index (κ3) is 4.42. The predicted octanol–water partition coefficient (Wildman–Crippen LogP) is 4.41. The van der Waals surface area contributed by atoms with Crippen LogP contribution < -0.4 is 14.2 Å². The minimum Gasteiger partial charge on any atom is -0.493 e. The van der Waals surface area contributed by atoms with E-state index in [1.54, 1.807) is 48.7 Å². The number of ether oxygens (including phenoxy) is 3. The highest BCUT2D eigenvalue weighted by molar-refractivity contribution is 7.93. The molecule has 0 atom stereocenters. The molecule has 7 nitrogen and oxygen atoms in total. The summed E-state index contributed by atoms with van der Waals surface area (Å²) in [6.45, 7) is 1.81. The number of rotatable bonds is 8. The molecule has 0 spiro atoms. The van der Waals surface area contributed by atoms with Crippen LogP contribution in [-0.2, 0) is 14.8 Å². The van der Waals surface area contributed by atoms with Gasteiger partial charge in [-0.1, -0.05) is 30.3 Å². The van der Waals surface area contributed by atoms with Gasteiger partial charge >= 0.3 is 5.97 Å². The summed E-state index contributed by atoms with van der Waals surface area (Å²) in [6, 6.07) is 13.7. The number of carbonyl (C=O) groups is 1. The number of benzene rings is 2. The molecule has 3 aromatic rings. The maximum atomic E-state index is 13.4. The Labute approximate surface area is 179 Å². The highest BCUT2D eigenvalue weighted by Crippen LogP contribution is 2.37. The topological polar surface area (TPSA) is 90.9 Å². The smallest absolute Gasteiger partial charge is 0.349 e. The van der Waals surface area contributed by atoms with E-state index in [0.717, 1.165) is 11.3 Å². The number of carbonyl (C=O) groups excluding carboxylic acids is 1. The molecular formula is C21H21NO6S2. The summed E-state index contributed by atoms with van der Waals surface area (Å²) in [6.07, 6.45) is 0. The molecule has 0 aliphatic rings. The van der Waals surface area contributed by atoms with Gasteiger partial charge in [0.05, 0.1) is 26.5 Å². The normalized spacial score (nSPS) is 11.0. The number of methoxy groups -OCH3 is 2. The van der Waals surface area contributed by atoms with Gasteiger partial charge in [-0.15, -0.1) is 11.3 Å². The van der Waals surface area contributed by atoms with Crippen LogP contribution in [0.2, 0.25) is 0 Å². The molecule has 0 radical (unpaired) electrons. The van der Waals surface area contributed by atoms with Crippen LogP contribution >= 0.6 is 11.3 Å². The molecule has 0 unspecified atom stereocenters. The van der Waals surface area contributed by atoms with Crippen LogP contribution in [0.1, 0.15) is 16.6 Å². The molecule has 0 aliphatic carbocycles. The minimum absolute atomic E-state index is 0.0173. The second-order valence-electron chi connectivity index (χ2n) is 6.07. The Kier molecular flexibility index (Phi) is 6.63. The van der Waals surface area contributed by atoms with Gasteiger partial charge in [-0.05, 0) is 24.6 Å². The maximum Gasteiger partial charge on any atom is 0.349 e. The number of esters is 1. The molecule has 0 aliphatic heterocycles. The zero-order valence-electron chi connectivity index (χ0n) is 16.7. The molecule has 0 saturated carbocycles. The number of thiophene rings is 1. The lowest BCUT2D eigenvalue weighted by Crippen LogP contribution is -2.17. The van der Waals surface area contributed by atoms with E-state index in [1.165, 1.54) is 20.3 Å². The zero-order chi connectivity index (χ0) is 21.7. The van der Waals surface area contributed by atoms with Crippen molar-refractivity contribution in [3.05, 3.63) is 58.8 Å². The molecule has 0 bridgehead atoms. The first-order valence-electron chi connectivity index (χ1n) is 9.00. The molecule has 9 heteroatoms. The summed E-state index contributed by atoms with van der Waals surface area (Å²) in [5.41, 5.74) is 1.38. The fraction of sp³-hybridized carbons (Fsp3) is 0.190. The Hall–Kier alpha value is -3.04. The Morgan fingerprint density at radius 1 is 1.03 bits per heavy atom. The molecular weight excluding hydrogens is 426 g/mol. The van der Waals surface area contributed by atoms with E-state index in [1.807, 2.05) is 6.07 Å². The Morgan fingerprint density at radius 3 is 2.37 bits per heavy atom. The summed E-state index contributed by atoms with van der Waals surface area (Å²) < 4.78 is 44.7. The fourth-order valence-electron chi connectivity index (χ4n) is 2.87. The highest BCUT2D eigenvalue weighted by Gasteiger charge is 2.30. The summed E-state index contributed by atoms with van der Waals surface area (Å²) in [4.78, 5) is 12.4. The van der Waals surface area contributed by atoms with E-state index < -0.39 is 16.0 Å². The van der Waals surface area contributed by atoms with E-state index in [-0.39, 0.29) is 22.1 Å². The summed E-state index contributed by atoms with van der Waals surface area (Å²) in [7, 11) is -1.17. The first-order valence-corrected chi connectivity index (χ1v) is 11.4. The van der Waals surface area contributed by atoms with Gasteiger partial charge in [-0.25, -0.2) is 13.2 Å². The van der Waals surface area contributed by atoms with Gasteiger partial charge in [-0.3, -0.25) is 4.72 Å². The van der Waals surface area contributed by atoms with Crippen LogP contribution in [0.5, 0.6) is 11.5 Å². The fourth-order valence-corrected chi connectivity index (χ4v) is 5.62. The standard InChI is InChI=1S/C21H21NO6S2/c1-4-28-21(23)19-20(16(13-29-19)14-8-6-5-7-9-14)30(24,25)22-15-10-11-17(26-2)18(12-15)27-3/h5-13,22H,4H2,1-3H3. The third-order valence-corrected chi connectivity index (χ3v) is 6.75. The van der Waals surface area contributed by atoms with Gasteiger partial charge in [0.2, 0.25) is 0 Å². The summed E-state index contributed by atoms with van der Waals surface area (Å²) in [5.74, 6) is 0.155. The van der Waals surface area contributed by atoms with Crippen molar-refractivity contribution in [2.24, 2.45) is 0 Å². The van der Waals surface area contributed by atoms with Gasteiger partial charge in [0.1, 0.15) is 9.77 Å². The average molecular weight is 448 g/mol. The van der Waals surface area contributed by atoms with Crippen molar-refractivity contribution in [1.29, 1.82) is 0 Å². The van der Waals surface area contributed by atoms with Gasteiger partial charge in [-0.2, -0.15) is 0 Å². The van der Waals surface area contributed by atoms with Crippen molar-refractivity contribution in [3.8, 4) is 22.6 Å². The molecule has 3 rings (SSSR count). The highest BCUT2D eigenvalue weighted by atomic mass is 32.2. The number of hydrogen-bond donors (Lipinski definition) is 1. The van der Waals surface area contributed by atoms with Crippen LogP contribution in [0.25, 0.3) is 11.1 Å². The number of nitrogens with one attached hydrogen (secondary N) is 1. The van der Waals surface area contributed by atoms with E-state index in [2.05, 4.69) is 4.72 Å². The Balaban J connectivity index is 2.10. The second kappa shape index (κ2) is 9.19. The van der Waals surface area contributed by atoms with Crippen molar-refractivity contribution >= 4 is 33.0 Å². The Bertz CT molecular complexity index is 1140. The van der Waals surface area contributed by atoms with Crippen LogP contribution in [0.4, 0.5) is 5.69 Å². The molecule has 2 aromatic carbocycles. The first-order chi connectivity index (χ1) is 14.4. The largest absolute Gasteiger partial charge is 0.493 e. The molecule has 1 aromatic heterocycles. The number of hydrogen-bond acceptors (Lipinski definition) is 7. The number of anilines is 1. The van der Waals surface area contributed by atoms with Crippen molar-refractivity contribution < 1.29 is 27.4 Å². The minimum atomic E-state index is -4.12. The average Bonchev–Trinajstić information content (AvgIpc) is 3.20. The van der Waals surface area contributed by atoms with Crippen LogP contribution in [0.3, 0.4) is 0 Å². The quantitative estimate of drug-likeness (QED) is 0.515. The zero-order valence-corrected chi connectivity index (χ0v) is 18.3. The summed E-state index contributed by atoms with van der Waals surface area (Å²) in [5, 5.41) is 1.64. The predicted molar refractivity (Wildman–Crippen MR) is 116 cm³/mol. The van der Waals surface area contributed by atoms with Crippen LogP contribution in [-0.4, -0.2) is 35.2 Å². The van der Waals surface area contributed by atoms with E-state index in [4.69, 9.17) is 14.2 Å². The number of sulfonamides is 1. The lowest BCUT2D eigenvalue weighted by Gasteiger charge is -2.13. The molecule has 1 heterocycles. The lowest BCUT2D eigenvalue weighted by molar-refractivity contribution is 0.0528.